The van der Waals surface area contributed by atoms with Crippen LogP contribution in [0.15, 0.2) is 29.3 Å². The average Bonchev–Trinajstić information content (AvgIpc) is 3.44. The molecule has 0 bridgehead atoms. The monoisotopic (exact) mass is 556 g/mol. The van der Waals surface area contributed by atoms with Crippen LogP contribution in [0.1, 0.15) is 37.7 Å². The van der Waals surface area contributed by atoms with Gasteiger partial charge >= 0.3 is 0 Å². The van der Waals surface area contributed by atoms with Crippen LogP contribution in [0.5, 0.6) is 5.75 Å². The van der Waals surface area contributed by atoms with E-state index in [2.05, 4.69) is 27.8 Å². The number of benzene rings is 1. The van der Waals surface area contributed by atoms with Crippen molar-refractivity contribution in [2.24, 2.45) is 16.3 Å². The second kappa shape index (κ2) is 11.0. The number of aliphatic imine (C=N–C) groups is 1. The fourth-order valence-corrected chi connectivity index (χ4v) is 5.61. The molecule has 32 heavy (non-hydrogen) atoms. The summed E-state index contributed by atoms with van der Waals surface area (Å²) in [4.78, 5) is 18.4. The summed E-state index contributed by atoms with van der Waals surface area (Å²) in [5.41, 5.74) is 1.47. The number of ether oxygens (including phenoxy) is 2. The minimum Gasteiger partial charge on any atom is -0.497 e. The number of halogens is 1. The molecule has 1 aromatic carbocycles. The highest BCUT2D eigenvalue weighted by Crippen LogP contribution is 2.60. The molecule has 2 saturated carbocycles. The first-order chi connectivity index (χ1) is 15.0. The lowest BCUT2D eigenvalue weighted by Crippen LogP contribution is -2.69. The SMILES string of the molecule is COc1ccc(CCNC(=NCC(=O)N(C)C)NC2C3CCOC3C23CCCC3)cc1.I. The van der Waals surface area contributed by atoms with Gasteiger partial charge in [-0.05, 0) is 43.4 Å². The van der Waals surface area contributed by atoms with Crippen LogP contribution in [-0.2, 0) is 16.0 Å². The highest BCUT2D eigenvalue weighted by Gasteiger charge is 2.65. The van der Waals surface area contributed by atoms with Gasteiger partial charge in [-0.15, -0.1) is 24.0 Å². The molecular formula is C24H37IN4O3. The molecule has 3 aliphatic rings. The van der Waals surface area contributed by atoms with Gasteiger partial charge in [-0.25, -0.2) is 4.99 Å². The number of hydrogen-bond acceptors (Lipinski definition) is 4. The van der Waals surface area contributed by atoms with Crippen LogP contribution in [0.4, 0.5) is 0 Å². The van der Waals surface area contributed by atoms with Crippen LogP contribution in [-0.4, -0.2) is 69.8 Å². The molecule has 1 aromatic rings. The number of nitrogens with one attached hydrogen (secondary N) is 2. The molecule has 1 spiro atoms. The second-order valence-electron chi connectivity index (χ2n) is 9.28. The van der Waals surface area contributed by atoms with Gasteiger partial charge in [-0.3, -0.25) is 4.79 Å². The van der Waals surface area contributed by atoms with Gasteiger partial charge in [0.25, 0.3) is 0 Å². The molecular weight excluding hydrogens is 519 g/mol. The number of hydrogen-bond donors (Lipinski definition) is 2. The summed E-state index contributed by atoms with van der Waals surface area (Å²) in [7, 11) is 5.21. The largest absolute Gasteiger partial charge is 0.497 e. The van der Waals surface area contributed by atoms with E-state index in [9.17, 15) is 4.79 Å². The van der Waals surface area contributed by atoms with Crippen LogP contribution < -0.4 is 15.4 Å². The zero-order valence-electron chi connectivity index (χ0n) is 19.4. The van der Waals surface area contributed by atoms with Gasteiger partial charge in [0.05, 0.1) is 13.2 Å². The van der Waals surface area contributed by atoms with E-state index < -0.39 is 0 Å². The summed E-state index contributed by atoms with van der Waals surface area (Å²) < 4.78 is 11.4. The third kappa shape index (κ3) is 5.16. The maximum atomic E-state index is 12.1. The molecule has 2 N–H and O–H groups in total. The smallest absolute Gasteiger partial charge is 0.243 e. The van der Waals surface area contributed by atoms with Gasteiger partial charge < -0.3 is 25.0 Å². The molecule has 0 radical (unpaired) electrons. The number of likely N-dealkylation sites (N-methyl/N-ethyl adjacent to an activating group) is 1. The summed E-state index contributed by atoms with van der Waals surface area (Å²) >= 11 is 0. The van der Waals surface area contributed by atoms with Crippen molar-refractivity contribution in [2.45, 2.75) is 50.7 Å². The van der Waals surface area contributed by atoms with Crippen molar-refractivity contribution in [1.29, 1.82) is 0 Å². The highest BCUT2D eigenvalue weighted by atomic mass is 127. The first-order valence-corrected chi connectivity index (χ1v) is 11.5. The Bertz CT molecular complexity index is 793. The Kier molecular flexibility index (Phi) is 8.66. The normalized spacial score (nSPS) is 25.5. The first-order valence-electron chi connectivity index (χ1n) is 11.5. The third-order valence-electron chi connectivity index (χ3n) is 7.31. The standard InChI is InChI=1S/C24H36N4O3.HI/c1-28(2)20(29)16-26-23(25-14-10-17-6-8-18(30-3)9-7-17)27-21-19-11-15-31-22(19)24(21)12-4-5-13-24;/h6-9,19,21-22H,4-5,10-16H2,1-3H3,(H2,25,26,27);1H. The van der Waals surface area contributed by atoms with Crippen molar-refractivity contribution >= 4 is 35.8 Å². The lowest BCUT2D eigenvalue weighted by molar-refractivity contribution is -0.127. The van der Waals surface area contributed by atoms with Crippen LogP contribution in [0, 0.1) is 11.3 Å². The number of carbonyl (C=O) groups is 1. The highest BCUT2D eigenvalue weighted by molar-refractivity contribution is 14.0. The number of nitrogens with zero attached hydrogens (tertiary/aromatic N) is 2. The average molecular weight is 556 g/mol. The predicted octanol–water partition coefficient (Wildman–Crippen LogP) is 2.83. The van der Waals surface area contributed by atoms with Crippen LogP contribution in [0.25, 0.3) is 0 Å². The Morgan fingerprint density at radius 1 is 1.25 bits per heavy atom. The summed E-state index contributed by atoms with van der Waals surface area (Å²) in [6.07, 6.45) is 7.39. The van der Waals surface area contributed by atoms with Crippen LogP contribution in [0.3, 0.4) is 0 Å². The molecule has 3 atom stereocenters. The molecule has 7 nitrogen and oxygen atoms in total. The number of fused-ring (bicyclic) bond motifs is 2. The van der Waals surface area contributed by atoms with Crippen molar-refractivity contribution in [2.75, 3.05) is 40.9 Å². The van der Waals surface area contributed by atoms with Crippen molar-refractivity contribution in [3.05, 3.63) is 29.8 Å². The van der Waals surface area contributed by atoms with Crippen LogP contribution in [0.2, 0.25) is 0 Å². The Morgan fingerprint density at radius 3 is 2.62 bits per heavy atom. The van der Waals surface area contributed by atoms with Crippen molar-refractivity contribution in [3.63, 3.8) is 0 Å². The number of rotatable bonds is 7. The second-order valence-corrected chi connectivity index (χ2v) is 9.28. The predicted molar refractivity (Wildman–Crippen MR) is 137 cm³/mol. The van der Waals surface area contributed by atoms with E-state index in [-0.39, 0.29) is 41.8 Å². The number of guanidine groups is 1. The van der Waals surface area contributed by atoms with Gasteiger partial charge in [0.1, 0.15) is 12.3 Å². The lowest BCUT2D eigenvalue weighted by Gasteiger charge is -2.57. The Labute approximate surface area is 208 Å². The lowest BCUT2D eigenvalue weighted by atomic mass is 9.54. The number of amides is 1. The van der Waals surface area contributed by atoms with E-state index in [4.69, 9.17) is 9.47 Å². The maximum Gasteiger partial charge on any atom is 0.243 e. The van der Waals surface area contributed by atoms with E-state index in [0.717, 1.165) is 37.7 Å². The Balaban J connectivity index is 0.00000289. The van der Waals surface area contributed by atoms with E-state index in [1.165, 1.54) is 31.2 Å². The summed E-state index contributed by atoms with van der Waals surface area (Å²) in [6, 6.07) is 8.51. The Morgan fingerprint density at radius 2 is 1.97 bits per heavy atom. The van der Waals surface area contributed by atoms with Gasteiger partial charge in [-0.2, -0.15) is 0 Å². The fraction of sp³-hybridized carbons (Fsp3) is 0.667. The zero-order valence-corrected chi connectivity index (χ0v) is 21.8. The molecule has 3 unspecified atom stereocenters. The van der Waals surface area contributed by atoms with E-state index in [1.807, 2.05) is 12.1 Å². The van der Waals surface area contributed by atoms with Gasteiger partial charge in [0.2, 0.25) is 5.91 Å². The molecule has 8 heteroatoms. The van der Waals surface area contributed by atoms with Gasteiger partial charge in [0.15, 0.2) is 5.96 Å². The van der Waals surface area contributed by atoms with Crippen molar-refractivity contribution in [1.82, 2.24) is 15.5 Å². The number of methoxy groups -OCH3 is 1. The quantitative estimate of drug-likeness (QED) is 0.307. The minimum absolute atomic E-state index is 0. The van der Waals surface area contributed by atoms with E-state index >= 15 is 0 Å². The molecule has 2 aliphatic carbocycles. The summed E-state index contributed by atoms with van der Waals surface area (Å²) in [5.74, 6) is 2.16. The molecule has 1 saturated heterocycles. The minimum atomic E-state index is 0. The summed E-state index contributed by atoms with van der Waals surface area (Å²) in [5, 5.41) is 7.20. The maximum absolute atomic E-state index is 12.1. The van der Waals surface area contributed by atoms with Gasteiger partial charge in [0, 0.05) is 44.6 Å². The molecule has 3 fully saturated rings. The van der Waals surface area contributed by atoms with Crippen molar-refractivity contribution < 1.29 is 14.3 Å². The molecule has 1 amide bonds. The third-order valence-corrected chi connectivity index (χ3v) is 7.31. The molecule has 4 rings (SSSR count). The Hall–Kier alpha value is -1.55. The van der Waals surface area contributed by atoms with Crippen molar-refractivity contribution in [3.8, 4) is 5.75 Å². The van der Waals surface area contributed by atoms with E-state index in [0.29, 0.717) is 18.1 Å². The molecule has 178 valence electrons. The molecule has 0 aromatic heterocycles. The summed E-state index contributed by atoms with van der Waals surface area (Å²) in [6.45, 7) is 1.76. The van der Waals surface area contributed by atoms with E-state index in [1.54, 1.807) is 26.1 Å². The topological polar surface area (TPSA) is 75.2 Å². The first kappa shape index (κ1) is 25.1. The fourth-order valence-electron chi connectivity index (χ4n) is 5.61. The van der Waals surface area contributed by atoms with Gasteiger partial charge in [-0.1, -0.05) is 25.0 Å². The zero-order chi connectivity index (χ0) is 21.8. The molecule has 1 aliphatic heterocycles. The molecule has 1 heterocycles. The van der Waals surface area contributed by atoms with Crippen LogP contribution >= 0.6 is 24.0 Å². The number of carbonyl (C=O) groups excluding carboxylic acids is 1.